The van der Waals surface area contributed by atoms with Gasteiger partial charge in [-0.15, -0.1) is 0 Å². The molecule has 0 radical (unpaired) electrons. The maximum atomic E-state index is 4.68. The van der Waals surface area contributed by atoms with Gasteiger partial charge in [-0.25, -0.2) is 15.0 Å². The first-order chi connectivity index (χ1) is 11.8. The number of hydrogen-bond acceptors (Lipinski definition) is 3. The van der Waals surface area contributed by atoms with E-state index < -0.39 is 0 Å². The van der Waals surface area contributed by atoms with Crippen LogP contribution in [0.15, 0.2) is 53.5 Å². The minimum atomic E-state index is 0.716. The van der Waals surface area contributed by atoms with Crippen LogP contribution in [0.3, 0.4) is 0 Å². The van der Waals surface area contributed by atoms with Crippen LogP contribution < -0.4 is 0 Å². The second kappa shape index (κ2) is 5.92. The monoisotopic (exact) mass is 317 g/mol. The Labute approximate surface area is 140 Å². The van der Waals surface area contributed by atoms with E-state index in [0.29, 0.717) is 5.95 Å². The molecule has 4 rings (SSSR count). The number of hydrogen-bond donors (Lipinski definition) is 0. The molecule has 0 fully saturated rings. The van der Waals surface area contributed by atoms with Crippen LogP contribution in [-0.2, 0) is 13.1 Å². The smallest absolute Gasteiger partial charge is 0.230 e. The number of fused-ring (bicyclic) bond motifs is 2. The molecular formula is C19H19N5. The van der Waals surface area contributed by atoms with Gasteiger partial charge in [-0.05, 0) is 38.1 Å². The van der Waals surface area contributed by atoms with Crippen molar-refractivity contribution in [2.24, 2.45) is 4.99 Å². The predicted molar refractivity (Wildman–Crippen MR) is 98.1 cm³/mol. The molecule has 0 amide bonds. The molecule has 0 aliphatic heterocycles. The summed E-state index contributed by atoms with van der Waals surface area (Å²) in [5.41, 5.74) is 4.20. The van der Waals surface area contributed by atoms with Crippen LogP contribution in [0.4, 0.5) is 5.95 Å². The summed E-state index contributed by atoms with van der Waals surface area (Å²) in [4.78, 5) is 14.0. The SMILES string of the molecule is CCn1c(/C=N/c2nc3ccccc3n2CC)nc2ccccc21. The molecule has 0 atom stereocenters. The van der Waals surface area contributed by atoms with Crippen molar-refractivity contribution in [1.29, 1.82) is 0 Å². The summed E-state index contributed by atoms with van der Waals surface area (Å²) in [5, 5.41) is 0. The molecular weight excluding hydrogens is 298 g/mol. The topological polar surface area (TPSA) is 48.0 Å². The summed E-state index contributed by atoms with van der Waals surface area (Å²) in [6.45, 7) is 5.91. The van der Waals surface area contributed by atoms with Gasteiger partial charge in [0.2, 0.25) is 5.95 Å². The predicted octanol–water partition coefficient (Wildman–Crippen LogP) is 4.18. The van der Waals surface area contributed by atoms with E-state index in [1.165, 1.54) is 0 Å². The largest absolute Gasteiger partial charge is 0.323 e. The molecule has 120 valence electrons. The summed E-state index contributed by atoms with van der Waals surface area (Å²) in [6.07, 6.45) is 1.82. The first kappa shape index (κ1) is 14.6. The first-order valence-electron chi connectivity index (χ1n) is 8.26. The van der Waals surface area contributed by atoms with E-state index in [1.54, 1.807) is 0 Å². The number of rotatable bonds is 4. The van der Waals surface area contributed by atoms with Gasteiger partial charge in [0.15, 0.2) is 5.82 Å². The molecule has 24 heavy (non-hydrogen) atoms. The Hall–Kier alpha value is -2.95. The lowest BCUT2D eigenvalue weighted by Crippen LogP contribution is -2.01. The fourth-order valence-corrected chi connectivity index (χ4v) is 3.11. The van der Waals surface area contributed by atoms with Crippen molar-refractivity contribution in [3.63, 3.8) is 0 Å². The number of aliphatic imine (C=N–C) groups is 1. The summed E-state index contributed by atoms with van der Waals surface area (Å²) in [7, 11) is 0. The van der Waals surface area contributed by atoms with Crippen molar-refractivity contribution in [1.82, 2.24) is 19.1 Å². The van der Waals surface area contributed by atoms with Crippen LogP contribution in [0.1, 0.15) is 19.7 Å². The van der Waals surface area contributed by atoms with Gasteiger partial charge in [-0.3, -0.25) is 0 Å². The second-order valence-corrected chi connectivity index (χ2v) is 5.61. The van der Waals surface area contributed by atoms with Crippen LogP contribution in [0.25, 0.3) is 22.1 Å². The van der Waals surface area contributed by atoms with Crippen LogP contribution in [0.5, 0.6) is 0 Å². The molecule has 0 aliphatic carbocycles. The standard InChI is InChI=1S/C19H19N5/c1-3-23-16-11-7-5-9-14(16)21-18(23)13-20-19-22-15-10-6-8-12-17(15)24(19)4-2/h5-13H,3-4H2,1-2H3/b20-13+. The lowest BCUT2D eigenvalue weighted by molar-refractivity contribution is 0.776. The molecule has 2 aromatic heterocycles. The van der Waals surface area contributed by atoms with E-state index in [4.69, 9.17) is 0 Å². The highest BCUT2D eigenvalue weighted by Crippen LogP contribution is 2.22. The summed E-state index contributed by atoms with van der Waals surface area (Å²) in [6, 6.07) is 16.3. The Balaban J connectivity index is 1.81. The lowest BCUT2D eigenvalue weighted by Gasteiger charge is -2.03. The highest BCUT2D eigenvalue weighted by molar-refractivity contribution is 5.86. The van der Waals surface area contributed by atoms with E-state index in [9.17, 15) is 0 Å². The Morgan fingerprint density at radius 1 is 0.833 bits per heavy atom. The zero-order valence-corrected chi connectivity index (χ0v) is 13.8. The minimum absolute atomic E-state index is 0.716. The number of imidazole rings is 2. The number of aromatic nitrogens is 4. The molecule has 4 aromatic rings. The zero-order valence-electron chi connectivity index (χ0n) is 13.8. The molecule has 0 saturated carbocycles. The van der Waals surface area contributed by atoms with Gasteiger partial charge in [0.1, 0.15) is 0 Å². The zero-order chi connectivity index (χ0) is 16.5. The summed E-state index contributed by atoms with van der Waals surface area (Å²) in [5.74, 6) is 1.57. The number of aryl methyl sites for hydroxylation is 2. The fourth-order valence-electron chi connectivity index (χ4n) is 3.11. The van der Waals surface area contributed by atoms with Crippen molar-refractivity contribution in [3.05, 3.63) is 54.4 Å². The molecule has 5 nitrogen and oxygen atoms in total. The highest BCUT2D eigenvalue weighted by atomic mass is 15.2. The third-order valence-corrected chi connectivity index (χ3v) is 4.25. The van der Waals surface area contributed by atoms with Crippen molar-refractivity contribution in [2.75, 3.05) is 0 Å². The molecule has 0 N–H and O–H groups in total. The number of benzene rings is 2. The van der Waals surface area contributed by atoms with Crippen LogP contribution in [0, 0.1) is 0 Å². The molecule has 0 spiro atoms. The third kappa shape index (κ3) is 2.29. The Bertz CT molecular complexity index is 954. The lowest BCUT2D eigenvalue weighted by atomic mass is 10.3. The molecule has 2 heterocycles. The van der Waals surface area contributed by atoms with E-state index in [2.05, 4.69) is 50.1 Å². The summed E-state index contributed by atoms with van der Waals surface area (Å²) >= 11 is 0. The molecule has 5 heteroatoms. The molecule has 0 aliphatic rings. The molecule has 0 unspecified atom stereocenters. The highest BCUT2D eigenvalue weighted by Gasteiger charge is 2.09. The van der Waals surface area contributed by atoms with Crippen molar-refractivity contribution < 1.29 is 0 Å². The van der Waals surface area contributed by atoms with E-state index >= 15 is 0 Å². The average molecular weight is 317 g/mol. The average Bonchev–Trinajstić information content (AvgIpc) is 3.16. The first-order valence-corrected chi connectivity index (χ1v) is 8.26. The van der Waals surface area contributed by atoms with Crippen LogP contribution >= 0.6 is 0 Å². The van der Waals surface area contributed by atoms with Crippen molar-refractivity contribution in [3.8, 4) is 0 Å². The van der Waals surface area contributed by atoms with Gasteiger partial charge in [-0.1, -0.05) is 24.3 Å². The van der Waals surface area contributed by atoms with Gasteiger partial charge < -0.3 is 9.13 Å². The minimum Gasteiger partial charge on any atom is -0.323 e. The van der Waals surface area contributed by atoms with Crippen molar-refractivity contribution in [2.45, 2.75) is 26.9 Å². The fraction of sp³-hybridized carbons (Fsp3) is 0.211. The Morgan fingerprint density at radius 3 is 2.08 bits per heavy atom. The van der Waals surface area contributed by atoms with Gasteiger partial charge in [0.25, 0.3) is 0 Å². The summed E-state index contributed by atoms with van der Waals surface area (Å²) < 4.78 is 4.28. The molecule has 2 aromatic carbocycles. The molecule has 0 bridgehead atoms. The second-order valence-electron chi connectivity index (χ2n) is 5.61. The van der Waals surface area contributed by atoms with Gasteiger partial charge in [-0.2, -0.15) is 0 Å². The van der Waals surface area contributed by atoms with Crippen LogP contribution in [0.2, 0.25) is 0 Å². The van der Waals surface area contributed by atoms with E-state index in [-0.39, 0.29) is 0 Å². The Morgan fingerprint density at radius 2 is 1.42 bits per heavy atom. The quantitative estimate of drug-likeness (QED) is 0.530. The van der Waals surface area contributed by atoms with Crippen molar-refractivity contribution >= 4 is 34.2 Å². The Kier molecular flexibility index (Phi) is 3.61. The number of para-hydroxylation sites is 4. The van der Waals surface area contributed by atoms with Gasteiger partial charge in [0, 0.05) is 13.1 Å². The van der Waals surface area contributed by atoms with Gasteiger partial charge in [0.05, 0.1) is 28.3 Å². The van der Waals surface area contributed by atoms with Crippen LogP contribution in [-0.4, -0.2) is 25.3 Å². The third-order valence-electron chi connectivity index (χ3n) is 4.25. The number of nitrogens with zero attached hydrogens (tertiary/aromatic N) is 5. The van der Waals surface area contributed by atoms with E-state index in [0.717, 1.165) is 41.0 Å². The van der Waals surface area contributed by atoms with Gasteiger partial charge >= 0.3 is 0 Å². The molecule has 0 saturated heterocycles. The normalized spacial score (nSPS) is 11.9. The van der Waals surface area contributed by atoms with E-state index in [1.807, 2.05) is 42.6 Å². The maximum absolute atomic E-state index is 4.68. The maximum Gasteiger partial charge on any atom is 0.230 e.